The SMILES string of the molecule is COc1ccc(CNC(=O)NC2CCC(c3nc4ccccc4o3)CC2)cc1. The molecule has 0 radical (unpaired) electrons. The Balaban J connectivity index is 1.23. The first-order chi connectivity index (χ1) is 13.7. The van der Waals surface area contributed by atoms with Gasteiger partial charge in [-0.2, -0.15) is 0 Å². The van der Waals surface area contributed by atoms with Gasteiger partial charge in [0, 0.05) is 18.5 Å². The molecule has 3 aromatic rings. The van der Waals surface area contributed by atoms with E-state index >= 15 is 0 Å². The zero-order valence-electron chi connectivity index (χ0n) is 16.0. The number of oxazole rings is 1. The highest BCUT2D eigenvalue weighted by Gasteiger charge is 2.26. The number of carbonyl (C=O) groups excluding carboxylic acids is 1. The van der Waals surface area contributed by atoms with Crippen molar-refractivity contribution in [3.63, 3.8) is 0 Å². The maximum absolute atomic E-state index is 12.2. The van der Waals surface area contributed by atoms with Crippen LogP contribution in [0.2, 0.25) is 0 Å². The molecule has 2 amide bonds. The zero-order valence-corrected chi connectivity index (χ0v) is 16.0. The smallest absolute Gasteiger partial charge is 0.315 e. The number of ether oxygens (including phenoxy) is 1. The summed E-state index contributed by atoms with van der Waals surface area (Å²) in [6.45, 7) is 0.494. The van der Waals surface area contributed by atoms with Crippen molar-refractivity contribution in [1.29, 1.82) is 0 Å². The van der Waals surface area contributed by atoms with Gasteiger partial charge in [-0.25, -0.2) is 9.78 Å². The number of hydrogen-bond acceptors (Lipinski definition) is 4. The van der Waals surface area contributed by atoms with Crippen LogP contribution in [0.25, 0.3) is 11.1 Å². The van der Waals surface area contributed by atoms with Gasteiger partial charge in [0.05, 0.1) is 7.11 Å². The molecule has 0 saturated heterocycles. The van der Waals surface area contributed by atoms with Crippen LogP contribution in [0.4, 0.5) is 4.79 Å². The molecule has 0 bridgehead atoms. The molecule has 0 atom stereocenters. The van der Waals surface area contributed by atoms with Crippen LogP contribution in [-0.4, -0.2) is 24.2 Å². The normalized spacial score (nSPS) is 19.3. The lowest BCUT2D eigenvalue weighted by Crippen LogP contribution is -2.43. The second kappa shape index (κ2) is 8.33. The maximum atomic E-state index is 12.2. The van der Waals surface area contributed by atoms with Gasteiger partial charge >= 0.3 is 6.03 Å². The van der Waals surface area contributed by atoms with Gasteiger partial charge in [0.15, 0.2) is 11.5 Å². The Morgan fingerprint density at radius 1 is 1.11 bits per heavy atom. The summed E-state index contributed by atoms with van der Waals surface area (Å²) < 4.78 is 11.1. The van der Waals surface area contributed by atoms with Crippen molar-refractivity contribution >= 4 is 17.1 Å². The van der Waals surface area contributed by atoms with Crippen molar-refractivity contribution < 1.29 is 13.9 Å². The second-order valence-corrected chi connectivity index (χ2v) is 7.24. The molecule has 2 aromatic carbocycles. The van der Waals surface area contributed by atoms with E-state index in [-0.39, 0.29) is 12.1 Å². The summed E-state index contributed by atoms with van der Waals surface area (Å²) in [5.74, 6) is 1.96. The molecule has 0 spiro atoms. The monoisotopic (exact) mass is 379 g/mol. The van der Waals surface area contributed by atoms with Crippen molar-refractivity contribution in [3.05, 3.63) is 60.0 Å². The Morgan fingerprint density at radius 3 is 2.57 bits per heavy atom. The van der Waals surface area contributed by atoms with E-state index in [0.29, 0.717) is 12.5 Å². The van der Waals surface area contributed by atoms with Crippen LogP contribution in [0.15, 0.2) is 52.9 Å². The average molecular weight is 379 g/mol. The number of aromatic nitrogens is 1. The lowest BCUT2D eigenvalue weighted by molar-refractivity contribution is 0.229. The minimum absolute atomic E-state index is 0.124. The molecule has 1 aromatic heterocycles. The maximum Gasteiger partial charge on any atom is 0.315 e. The van der Waals surface area contributed by atoms with Gasteiger partial charge in [-0.3, -0.25) is 0 Å². The number of nitrogens with zero attached hydrogens (tertiary/aromatic N) is 1. The Labute approximate surface area is 164 Å². The topological polar surface area (TPSA) is 76.4 Å². The zero-order chi connectivity index (χ0) is 19.3. The van der Waals surface area contributed by atoms with Gasteiger partial charge < -0.3 is 19.8 Å². The number of hydrogen-bond donors (Lipinski definition) is 2. The lowest BCUT2D eigenvalue weighted by atomic mass is 9.86. The van der Waals surface area contributed by atoms with E-state index < -0.39 is 0 Å². The number of rotatable bonds is 5. The molecule has 1 saturated carbocycles. The fourth-order valence-corrected chi connectivity index (χ4v) is 3.71. The third-order valence-electron chi connectivity index (χ3n) is 5.33. The molecule has 0 aliphatic heterocycles. The molecule has 1 fully saturated rings. The van der Waals surface area contributed by atoms with Crippen molar-refractivity contribution in [2.24, 2.45) is 0 Å². The molecule has 6 heteroatoms. The van der Waals surface area contributed by atoms with Gasteiger partial charge in [0.2, 0.25) is 0 Å². The molecular formula is C22H25N3O3. The molecule has 28 heavy (non-hydrogen) atoms. The van der Waals surface area contributed by atoms with Crippen LogP contribution in [0.1, 0.15) is 43.1 Å². The van der Waals surface area contributed by atoms with Crippen LogP contribution in [-0.2, 0) is 6.54 Å². The summed E-state index contributed by atoms with van der Waals surface area (Å²) in [4.78, 5) is 16.8. The van der Waals surface area contributed by atoms with E-state index in [4.69, 9.17) is 9.15 Å². The van der Waals surface area contributed by atoms with Gasteiger partial charge in [-0.1, -0.05) is 24.3 Å². The Morgan fingerprint density at radius 2 is 1.86 bits per heavy atom. The first-order valence-corrected chi connectivity index (χ1v) is 9.74. The van der Waals surface area contributed by atoms with Crippen LogP contribution >= 0.6 is 0 Å². The van der Waals surface area contributed by atoms with Gasteiger partial charge in [0.1, 0.15) is 11.3 Å². The number of carbonyl (C=O) groups is 1. The average Bonchev–Trinajstić information content (AvgIpc) is 3.17. The standard InChI is InChI=1S/C22H25N3O3/c1-27-18-12-6-15(7-13-18)14-23-22(26)24-17-10-8-16(9-11-17)21-25-19-4-2-3-5-20(19)28-21/h2-7,12-13,16-17H,8-11,14H2,1H3,(H2,23,24,26). The van der Waals surface area contributed by atoms with Crippen LogP contribution in [0.5, 0.6) is 5.75 Å². The fourth-order valence-electron chi connectivity index (χ4n) is 3.71. The molecule has 1 aliphatic rings. The van der Waals surface area contributed by atoms with Crippen molar-refractivity contribution in [2.45, 2.75) is 44.2 Å². The number of urea groups is 1. The summed E-state index contributed by atoms with van der Waals surface area (Å²) >= 11 is 0. The number of fused-ring (bicyclic) bond motifs is 1. The number of benzene rings is 2. The van der Waals surface area contributed by atoms with Crippen LogP contribution in [0.3, 0.4) is 0 Å². The highest BCUT2D eigenvalue weighted by atomic mass is 16.5. The van der Waals surface area contributed by atoms with Gasteiger partial charge in [-0.15, -0.1) is 0 Å². The fraction of sp³-hybridized carbons (Fsp3) is 0.364. The predicted octanol–water partition coefficient (Wildman–Crippen LogP) is 4.36. The number of methoxy groups -OCH3 is 1. The van der Waals surface area contributed by atoms with E-state index in [1.165, 1.54) is 0 Å². The summed E-state index contributed by atoms with van der Waals surface area (Å²) in [6.07, 6.45) is 3.80. The minimum Gasteiger partial charge on any atom is -0.497 e. The molecule has 1 heterocycles. The van der Waals surface area contributed by atoms with E-state index in [0.717, 1.165) is 54.0 Å². The quantitative estimate of drug-likeness (QED) is 0.690. The van der Waals surface area contributed by atoms with Gasteiger partial charge in [-0.05, 0) is 55.5 Å². The molecule has 4 rings (SSSR count). The summed E-state index contributed by atoms with van der Waals surface area (Å²) in [6, 6.07) is 15.6. The molecule has 2 N–H and O–H groups in total. The van der Waals surface area contributed by atoms with Gasteiger partial charge in [0.25, 0.3) is 0 Å². The second-order valence-electron chi connectivity index (χ2n) is 7.24. The summed E-state index contributed by atoms with van der Waals surface area (Å²) in [5, 5.41) is 6.01. The molecular weight excluding hydrogens is 354 g/mol. The van der Waals surface area contributed by atoms with E-state index in [9.17, 15) is 4.79 Å². The Kier molecular flexibility index (Phi) is 5.46. The first-order valence-electron chi connectivity index (χ1n) is 9.74. The molecule has 146 valence electrons. The van der Waals surface area contributed by atoms with Crippen molar-refractivity contribution in [3.8, 4) is 5.75 Å². The predicted molar refractivity (Wildman–Crippen MR) is 107 cm³/mol. The van der Waals surface area contributed by atoms with Crippen molar-refractivity contribution in [1.82, 2.24) is 15.6 Å². The highest BCUT2D eigenvalue weighted by molar-refractivity contribution is 5.74. The van der Waals surface area contributed by atoms with Crippen LogP contribution in [0, 0.1) is 0 Å². The third-order valence-corrected chi connectivity index (χ3v) is 5.33. The molecule has 6 nitrogen and oxygen atoms in total. The molecule has 1 aliphatic carbocycles. The first kappa shape index (κ1) is 18.3. The number of nitrogens with one attached hydrogen (secondary N) is 2. The summed E-state index contributed by atoms with van der Waals surface area (Å²) in [7, 11) is 1.64. The minimum atomic E-state index is -0.124. The van der Waals surface area contributed by atoms with Crippen LogP contribution < -0.4 is 15.4 Å². The van der Waals surface area contributed by atoms with E-state index in [1.807, 2.05) is 48.5 Å². The number of para-hydroxylation sites is 2. The Bertz CT molecular complexity index is 895. The molecule has 0 unspecified atom stereocenters. The Hall–Kier alpha value is -3.02. The summed E-state index contributed by atoms with van der Waals surface area (Å²) in [5.41, 5.74) is 2.79. The van der Waals surface area contributed by atoms with E-state index in [2.05, 4.69) is 15.6 Å². The largest absolute Gasteiger partial charge is 0.497 e. The highest BCUT2D eigenvalue weighted by Crippen LogP contribution is 2.33. The lowest BCUT2D eigenvalue weighted by Gasteiger charge is -2.27. The third kappa shape index (κ3) is 4.27. The van der Waals surface area contributed by atoms with Crippen molar-refractivity contribution in [2.75, 3.05) is 7.11 Å². The van der Waals surface area contributed by atoms with E-state index in [1.54, 1.807) is 7.11 Å². The number of amides is 2.